The second kappa shape index (κ2) is 7.96. The average molecular weight is 478 g/mol. The zero-order valence-electron chi connectivity index (χ0n) is 20.8. The van der Waals surface area contributed by atoms with Gasteiger partial charge in [0.2, 0.25) is 0 Å². The first kappa shape index (κ1) is 23.1. The minimum absolute atomic E-state index is 0.132. The van der Waals surface area contributed by atoms with Crippen LogP contribution in [0.2, 0.25) is 0 Å². The van der Waals surface area contributed by atoms with E-state index in [4.69, 9.17) is 4.74 Å². The average Bonchev–Trinajstić information content (AvgIpc) is 3.40. The molecule has 2 amide bonds. The standard InChI is InChI=1S/C26H31N5O4/c1-15-16(2)27-21-13-20(29-31(21)22(15)32)26-14-17(26)9-8-12-30(26)23(33)18-10-6-7-11-19(18)28-24(34)35-25(3,4)5/h6-7,10-11,13,17,29H,8-9,12,14H2,1-5H3,(H,28,34)/t17-,26+/m0/s1. The summed E-state index contributed by atoms with van der Waals surface area (Å²) in [4.78, 5) is 45.6. The van der Waals surface area contributed by atoms with Crippen LogP contribution in [0, 0.1) is 19.8 Å². The minimum Gasteiger partial charge on any atom is -0.444 e. The van der Waals surface area contributed by atoms with E-state index in [0.29, 0.717) is 40.6 Å². The number of amides is 2. The van der Waals surface area contributed by atoms with E-state index in [1.165, 1.54) is 4.52 Å². The normalized spacial score (nSPS) is 21.5. The van der Waals surface area contributed by atoms with Crippen LogP contribution >= 0.6 is 0 Å². The van der Waals surface area contributed by atoms with Crippen molar-refractivity contribution in [1.82, 2.24) is 19.5 Å². The van der Waals surface area contributed by atoms with Gasteiger partial charge in [0.15, 0.2) is 5.65 Å². The predicted octanol–water partition coefficient (Wildman–Crippen LogP) is 4.14. The number of likely N-dealkylation sites (tertiary alicyclic amines) is 1. The highest BCUT2D eigenvalue weighted by Gasteiger charge is 2.63. The van der Waals surface area contributed by atoms with Crippen LogP contribution in [0.4, 0.5) is 10.5 Å². The van der Waals surface area contributed by atoms with E-state index >= 15 is 0 Å². The largest absolute Gasteiger partial charge is 0.444 e. The summed E-state index contributed by atoms with van der Waals surface area (Å²) in [6.45, 7) is 9.55. The molecule has 1 aliphatic carbocycles. The van der Waals surface area contributed by atoms with Crippen LogP contribution in [0.5, 0.6) is 0 Å². The van der Waals surface area contributed by atoms with E-state index in [-0.39, 0.29) is 11.5 Å². The number of para-hydroxylation sites is 1. The molecule has 2 aromatic heterocycles. The Morgan fingerprint density at radius 2 is 1.97 bits per heavy atom. The first-order valence-electron chi connectivity index (χ1n) is 12.0. The summed E-state index contributed by atoms with van der Waals surface area (Å²) < 4.78 is 6.85. The van der Waals surface area contributed by atoms with Crippen LogP contribution < -0.4 is 10.9 Å². The van der Waals surface area contributed by atoms with Gasteiger partial charge in [-0.15, -0.1) is 0 Å². The number of carbonyl (C=O) groups excluding carboxylic acids is 2. The fourth-order valence-corrected chi connectivity index (χ4v) is 5.22. The second-order valence-corrected chi connectivity index (χ2v) is 10.6. The second-order valence-electron chi connectivity index (χ2n) is 10.6. The summed E-state index contributed by atoms with van der Waals surface area (Å²) in [6.07, 6.45) is 2.12. The number of nitrogens with zero attached hydrogens (tertiary/aromatic N) is 3. The molecule has 0 bridgehead atoms. The van der Waals surface area contributed by atoms with Gasteiger partial charge in [0.05, 0.1) is 22.5 Å². The van der Waals surface area contributed by atoms with Crippen molar-refractivity contribution in [1.29, 1.82) is 0 Å². The van der Waals surface area contributed by atoms with Crippen LogP contribution in [0.15, 0.2) is 35.1 Å². The fourth-order valence-electron chi connectivity index (χ4n) is 5.22. The number of benzene rings is 1. The van der Waals surface area contributed by atoms with Crippen LogP contribution in [0.3, 0.4) is 0 Å². The number of aryl methyl sites for hydroxylation is 1. The van der Waals surface area contributed by atoms with Gasteiger partial charge < -0.3 is 9.64 Å². The number of fused-ring (bicyclic) bond motifs is 2. The first-order chi connectivity index (χ1) is 16.5. The van der Waals surface area contributed by atoms with Gasteiger partial charge in [-0.3, -0.25) is 20.0 Å². The molecule has 3 aromatic rings. The Kier molecular flexibility index (Phi) is 5.27. The van der Waals surface area contributed by atoms with E-state index in [0.717, 1.165) is 25.0 Å². The Morgan fingerprint density at radius 1 is 1.23 bits per heavy atom. The van der Waals surface area contributed by atoms with Gasteiger partial charge in [-0.05, 0) is 71.9 Å². The number of aromatic amines is 1. The predicted molar refractivity (Wildman–Crippen MR) is 132 cm³/mol. The number of H-pyrrole nitrogens is 1. The monoisotopic (exact) mass is 477 g/mol. The molecule has 0 spiro atoms. The molecule has 2 N–H and O–H groups in total. The van der Waals surface area contributed by atoms with Crippen LogP contribution in [0.1, 0.15) is 67.3 Å². The highest BCUT2D eigenvalue weighted by molar-refractivity contribution is 6.03. The molecule has 3 heterocycles. The van der Waals surface area contributed by atoms with Gasteiger partial charge in [-0.2, -0.15) is 0 Å². The lowest BCUT2D eigenvalue weighted by atomic mass is 9.97. The molecular formula is C26H31N5O4. The molecule has 1 aliphatic heterocycles. The van der Waals surface area contributed by atoms with Gasteiger partial charge in [-0.1, -0.05) is 12.1 Å². The molecule has 2 fully saturated rings. The van der Waals surface area contributed by atoms with Crippen molar-refractivity contribution in [2.24, 2.45) is 5.92 Å². The van der Waals surface area contributed by atoms with Gasteiger partial charge in [0.1, 0.15) is 5.60 Å². The summed E-state index contributed by atoms with van der Waals surface area (Å²) in [5.74, 6) is 0.141. The number of rotatable bonds is 3. The number of aromatic nitrogens is 3. The zero-order valence-corrected chi connectivity index (χ0v) is 20.8. The molecule has 9 heteroatoms. The number of piperidine rings is 1. The van der Waals surface area contributed by atoms with Crippen molar-refractivity contribution in [3.8, 4) is 0 Å². The van der Waals surface area contributed by atoms with Gasteiger partial charge >= 0.3 is 6.09 Å². The number of hydrogen-bond donors (Lipinski definition) is 2. The molecule has 0 radical (unpaired) electrons. The minimum atomic E-state index is -0.653. The van der Waals surface area contributed by atoms with Gasteiger partial charge in [0.25, 0.3) is 11.5 Å². The molecule has 0 unspecified atom stereocenters. The quantitative estimate of drug-likeness (QED) is 0.589. The number of hydrogen-bond acceptors (Lipinski definition) is 5. The third-order valence-electron chi connectivity index (χ3n) is 7.08. The molecule has 9 nitrogen and oxygen atoms in total. The maximum Gasteiger partial charge on any atom is 0.412 e. The first-order valence-corrected chi connectivity index (χ1v) is 12.0. The Hall–Kier alpha value is -3.62. The van der Waals surface area contributed by atoms with Crippen LogP contribution in [-0.4, -0.2) is 43.6 Å². The third kappa shape index (κ3) is 3.88. The van der Waals surface area contributed by atoms with Crippen molar-refractivity contribution >= 4 is 23.3 Å². The maximum absolute atomic E-state index is 13.9. The lowest BCUT2D eigenvalue weighted by molar-refractivity contribution is 0.0560. The molecule has 1 saturated heterocycles. The molecule has 2 aliphatic rings. The molecule has 184 valence electrons. The van der Waals surface area contributed by atoms with E-state index < -0.39 is 17.2 Å². The van der Waals surface area contributed by atoms with E-state index in [9.17, 15) is 14.4 Å². The highest BCUT2D eigenvalue weighted by atomic mass is 16.6. The Bertz CT molecular complexity index is 1400. The number of ether oxygens (including phenoxy) is 1. The highest BCUT2D eigenvalue weighted by Crippen LogP contribution is 2.61. The topological polar surface area (TPSA) is 109 Å². The van der Waals surface area contributed by atoms with Crippen molar-refractivity contribution in [3.63, 3.8) is 0 Å². The summed E-state index contributed by atoms with van der Waals surface area (Å²) in [5, 5.41) is 5.99. The van der Waals surface area contributed by atoms with Crippen LogP contribution in [0.25, 0.3) is 5.65 Å². The molecule has 1 aromatic carbocycles. The van der Waals surface area contributed by atoms with E-state index in [2.05, 4.69) is 15.4 Å². The smallest absolute Gasteiger partial charge is 0.412 e. The molecule has 5 rings (SSSR count). The fraction of sp³-hybridized carbons (Fsp3) is 0.462. The molecule has 1 saturated carbocycles. The Morgan fingerprint density at radius 3 is 2.71 bits per heavy atom. The summed E-state index contributed by atoms with van der Waals surface area (Å²) in [7, 11) is 0. The summed E-state index contributed by atoms with van der Waals surface area (Å²) >= 11 is 0. The molecule has 2 atom stereocenters. The third-order valence-corrected chi connectivity index (χ3v) is 7.08. The summed E-state index contributed by atoms with van der Waals surface area (Å²) in [5.41, 5.74) is 2.18. The molecular weight excluding hydrogens is 446 g/mol. The SMILES string of the molecule is Cc1nc2cc([C@@]34C[C@@H]3CCCN4C(=O)c3ccccc3NC(=O)OC(C)(C)C)[nH]n2c(=O)c1C. The van der Waals surface area contributed by atoms with Crippen molar-refractivity contribution in [2.45, 2.75) is 65.0 Å². The van der Waals surface area contributed by atoms with Crippen LogP contribution in [-0.2, 0) is 10.3 Å². The Labute approximate surface area is 203 Å². The van der Waals surface area contributed by atoms with Gasteiger partial charge in [-0.25, -0.2) is 14.3 Å². The van der Waals surface area contributed by atoms with E-state index in [1.54, 1.807) is 52.0 Å². The summed E-state index contributed by atoms with van der Waals surface area (Å²) in [6, 6.07) is 8.88. The number of anilines is 1. The van der Waals surface area contributed by atoms with Crippen molar-refractivity contribution in [2.75, 3.05) is 11.9 Å². The molecule has 35 heavy (non-hydrogen) atoms. The van der Waals surface area contributed by atoms with Crippen molar-refractivity contribution in [3.05, 3.63) is 63.2 Å². The number of carbonyl (C=O) groups is 2. The van der Waals surface area contributed by atoms with Crippen molar-refractivity contribution < 1.29 is 14.3 Å². The lowest BCUT2D eigenvalue weighted by Crippen LogP contribution is -2.45. The zero-order chi connectivity index (χ0) is 25.1. The Balaban J connectivity index is 1.51. The van der Waals surface area contributed by atoms with Gasteiger partial charge in [0, 0.05) is 23.9 Å². The lowest BCUT2D eigenvalue weighted by Gasteiger charge is -2.36. The number of nitrogens with one attached hydrogen (secondary N) is 2. The maximum atomic E-state index is 13.9. The van der Waals surface area contributed by atoms with E-state index in [1.807, 2.05) is 17.9 Å².